The van der Waals surface area contributed by atoms with E-state index in [2.05, 4.69) is 17.2 Å². The van der Waals surface area contributed by atoms with Gasteiger partial charge in [0.15, 0.2) is 0 Å². The Kier molecular flexibility index (Phi) is 5.95. The number of pyridine rings is 1. The van der Waals surface area contributed by atoms with E-state index in [1.54, 1.807) is 18.1 Å². The van der Waals surface area contributed by atoms with E-state index >= 15 is 0 Å². The lowest BCUT2D eigenvalue weighted by Gasteiger charge is -2.17. The largest absolute Gasteiger partial charge is 0.385 e. The second-order valence-electron chi connectivity index (χ2n) is 5.36. The Morgan fingerprint density at radius 1 is 1.23 bits per heavy atom. The molecule has 0 bridgehead atoms. The molecule has 0 aliphatic heterocycles. The van der Waals surface area contributed by atoms with Gasteiger partial charge in [-0.15, -0.1) is 0 Å². The molecule has 1 N–H and O–H groups in total. The van der Waals surface area contributed by atoms with Crippen LogP contribution in [0.5, 0.6) is 0 Å². The average Bonchev–Trinajstić information content (AvgIpc) is 2.55. The van der Waals surface area contributed by atoms with Crippen LogP contribution >= 0.6 is 0 Å². The summed E-state index contributed by atoms with van der Waals surface area (Å²) in [6.07, 6.45) is 3.93. The van der Waals surface area contributed by atoms with Crippen LogP contribution in [-0.2, 0) is 6.54 Å². The minimum absolute atomic E-state index is 0.0667. The smallest absolute Gasteiger partial charge is 0.272 e. The van der Waals surface area contributed by atoms with Crippen molar-refractivity contribution in [1.82, 2.24) is 9.88 Å². The van der Waals surface area contributed by atoms with Crippen LogP contribution in [0.2, 0.25) is 0 Å². The zero-order valence-corrected chi connectivity index (χ0v) is 13.2. The molecule has 2 aromatic rings. The lowest BCUT2D eigenvalue weighted by molar-refractivity contribution is 0.0779. The molecule has 0 saturated carbocycles. The predicted molar refractivity (Wildman–Crippen MR) is 89.9 cm³/mol. The van der Waals surface area contributed by atoms with E-state index in [0.29, 0.717) is 12.2 Å². The van der Waals surface area contributed by atoms with Gasteiger partial charge < -0.3 is 10.2 Å². The minimum atomic E-state index is -0.0667. The van der Waals surface area contributed by atoms with Gasteiger partial charge in [0.1, 0.15) is 5.69 Å². The number of carbonyl (C=O) groups is 1. The number of aromatic nitrogens is 1. The van der Waals surface area contributed by atoms with Crippen molar-refractivity contribution in [2.45, 2.75) is 26.3 Å². The summed E-state index contributed by atoms with van der Waals surface area (Å²) in [4.78, 5) is 18.4. The van der Waals surface area contributed by atoms with Gasteiger partial charge >= 0.3 is 0 Å². The molecular formula is C18H23N3O. The molecular weight excluding hydrogens is 274 g/mol. The molecule has 4 nitrogen and oxygen atoms in total. The summed E-state index contributed by atoms with van der Waals surface area (Å²) in [6, 6.07) is 13.7. The van der Waals surface area contributed by atoms with E-state index < -0.39 is 0 Å². The molecule has 0 saturated heterocycles. The van der Waals surface area contributed by atoms with E-state index in [1.165, 1.54) is 0 Å². The van der Waals surface area contributed by atoms with Crippen LogP contribution in [0.4, 0.5) is 5.69 Å². The number of hydrogen-bond donors (Lipinski definition) is 1. The first-order valence-corrected chi connectivity index (χ1v) is 7.70. The average molecular weight is 297 g/mol. The van der Waals surface area contributed by atoms with Crippen LogP contribution in [0.3, 0.4) is 0 Å². The van der Waals surface area contributed by atoms with Crippen LogP contribution in [0.1, 0.15) is 35.8 Å². The highest BCUT2D eigenvalue weighted by Crippen LogP contribution is 2.11. The maximum atomic E-state index is 12.5. The molecule has 0 aliphatic rings. The van der Waals surface area contributed by atoms with Gasteiger partial charge in [-0.3, -0.25) is 9.78 Å². The maximum Gasteiger partial charge on any atom is 0.272 e. The van der Waals surface area contributed by atoms with Gasteiger partial charge in [0.25, 0.3) is 5.91 Å². The second-order valence-corrected chi connectivity index (χ2v) is 5.36. The molecule has 22 heavy (non-hydrogen) atoms. The minimum Gasteiger partial charge on any atom is -0.385 e. The van der Waals surface area contributed by atoms with Crippen LogP contribution in [0, 0.1) is 0 Å². The second kappa shape index (κ2) is 8.17. The number of carbonyl (C=O) groups excluding carboxylic acids is 1. The highest BCUT2D eigenvalue weighted by Gasteiger charge is 2.13. The van der Waals surface area contributed by atoms with Gasteiger partial charge in [0, 0.05) is 32.0 Å². The summed E-state index contributed by atoms with van der Waals surface area (Å²) < 4.78 is 0. The number of unbranched alkanes of at least 4 members (excludes halogenated alkanes) is 1. The number of benzene rings is 1. The Balaban J connectivity index is 2.00. The molecule has 1 amide bonds. The van der Waals surface area contributed by atoms with Crippen molar-refractivity contribution >= 4 is 11.6 Å². The van der Waals surface area contributed by atoms with Gasteiger partial charge in [-0.05, 0) is 24.1 Å². The quantitative estimate of drug-likeness (QED) is 0.795. The number of anilines is 1. The predicted octanol–water partition coefficient (Wildman–Crippen LogP) is 3.57. The van der Waals surface area contributed by atoms with E-state index in [4.69, 9.17) is 0 Å². The van der Waals surface area contributed by atoms with Crippen molar-refractivity contribution in [1.29, 1.82) is 0 Å². The molecule has 4 heteroatoms. The third-order valence-electron chi connectivity index (χ3n) is 3.45. The van der Waals surface area contributed by atoms with E-state index in [9.17, 15) is 4.79 Å². The number of nitrogens with zero attached hydrogens (tertiary/aromatic N) is 2. The highest BCUT2D eigenvalue weighted by atomic mass is 16.2. The lowest BCUT2D eigenvalue weighted by Crippen LogP contribution is -2.27. The third kappa shape index (κ3) is 4.58. The SMILES string of the molecule is CCCCNc1ccnc(C(=O)N(C)Cc2ccccc2)c1. The molecule has 1 aromatic carbocycles. The molecule has 0 radical (unpaired) electrons. The number of hydrogen-bond acceptors (Lipinski definition) is 3. The van der Waals surface area contributed by atoms with Crippen molar-refractivity contribution in [2.24, 2.45) is 0 Å². The third-order valence-corrected chi connectivity index (χ3v) is 3.45. The summed E-state index contributed by atoms with van der Waals surface area (Å²) in [5.74, 6) is -0.0667. The topological polar surface area (TPSA) is 45.2 Å². The van der Waals surface area contributed by atoms with Crippen LogP contribution < -0.4 is 5.32 Å². The molecule has 0 spiro atoms. The van der Waals surface area contributed by atoms with E-state index in [0.717, 1.165) is 30.6 Å². The Hall–Kier alpha value is -2.36. The fourth-order valence-electron chi connectivity index (χ4n) is 2.19. The molecule has 1 heterocycles. The number of rotatable bonds is 7. The first-order valence-electron chi connectivity index (χ1n) is 7.70. The molecule has 2 rings (SSSR count). The van der Waals surface area contributed by atoms with E-state index in [-0.39, 0.29) is 5.91 Å². The van der Waals surface area contributed by atoms with Gasteiger partial charge in [-0.1, -0.05) is 43.7 Å². The normalized spacial score (nSPS) is 10.3. The zero-order chi connectivity index (χ0) is 15.8. The van der Waals surface area contributed by atoms with Gasteiger partial charge in [0.05, 0.1) is 0 Å². The molecule has 0 fully saturated rings. The summed E-state index contributed by atoms with van der Waals surface area (Å²) in [7, 11) is 1.80. The van der Waals surface area contributed by atoms with Gasteiger partial charge in [0.2, 0.25) is 0 Å². The molecule has 0 atom stereocenters. The maximum absolute atomic E-state index is 12.5. The summed E-state index contributed by atoms with van der Waals surface area (Å²) in [5, 5.41) is 3.32. The van der Waals surface area contributed by atoms with Gasteiger partial charge in [-0.2, -0.15) is 0 Å². The summed E-state index contributed by atoms with van der Waals surface area (Å²) in [5.41, 5.74) is 2.52. The van der Waals surface area contributed by atoms with Gasteiger partial charge in [-0.25, -0.2) is 0 Å². The monoisotopic (exact) mass is 297 g/mol. The van der Waals surface area contributed by atoms with Crippen molar-refractivity contribution in [2.75, 3.05) is 18.9 Å². The van der Waals surface area contributed by atoms with Crippen molar-refractivity contribution in [3.05, 3.63) is 59.9 Å². The molecule has 0 aliphatic carbocycles. The molecule has 1 aromatic heterocycles. The number of amides is 1. The Morgan fingerprint density at radius 2 is 2.00 bits per heavy atom. The number of nitrogens with one attached hydrogen (secondary N) is 1. The Labute approximate surface area is 132 Å². The lowest BCUT2D eigenvalue weighted by atomic mass is 10.2. The Morgan fingerprint density at radius 3 is 2.73 bits per heavy atom. The zero-order valence-electron chi connectivity index (χ0n) is 13.2. The van der Waals surface area contributed by atoms with Crippen LogP contribution in [0.15, 0.2) is 48.7 Å². The fourth-order valence-corrected chi connectivity index (χ4v) is 2.19. The summed E-state index contributed by atoms with van der Waals surface area (Å²) >= 11 is 0. The first-order chi connectivity index (χ1) is 10.7. The van der Waals surface area contributed by atoms with Crippen LogP contribution in [-0.4, -0.2) is 29.4 Å². The van der Waals surface area contributed by atoms with Crippen LogP contribution in [0.25, 0.3) is 0 Å². The summed E-state index contributed by atoms with van der Waals surface area (Å²) in [6.45, 7) is 3.64. The first kappa shape index (κ1) is 16.0. The van der Waals surface area contributed by atoms with E-state index in [1.807, 2.05) is 42.5 Å². The standard InChI is InChI=1S/C18H23N3O/c1-3-4-11-19-16-10-12-20-17(13-16)18(22)21(2)14-15-8-6-5-7-9-15/h5-10,12-13H,3-4,11,14H2,1-2H3,(H,19,20). The fraction of sp³-hybridized carbons (Fsp3) is 0.333. The molecule has 0 unspecified atom stereocenters. The molecule has 116 valence electrons. The highest BCUT2D eigenvalue weighted by molar-refractivity contribution is 5.92. The van der Waals surface area contributed by atoms with Crippen molar-refractivity contribution < 1.29 is 4.79 Å². The Bertz CT molecular complexity index is 598. The van der Waals surface area contributed by atoms with Crippen molar-refractivity contribution in [3.8, 4) is 0 Å². The van der Waals surface area contributed by atoms with Crippen molar-refractivity contribution in [3.63, 3.8) is 0 Å².